The fraction of sp³-hybridized carbons (Fsp3) is 0.100. The van der Waals surface area contributed by atoms with Gasteiger partial charge in [-0.1, -0.05) is 44.7 Å². The van der Waals surface area contributed by atoms with Gasteiger partial charge in [-0.15, -0.1) is 0 Å². The van der Waals surface area contributed by atoms with E-state index in [0.29, 0.717) is 17.3 Å². The van der Waals surface area contributed by atoms with Gasteiger partial charge in [0.25, 0.3) is 5.56 Å². The van der Waals surface area contributed by atoms with Crippen molar-refractivity contribution in [1.82, 2.24) is 19.9 Å². The summed E-state index contributed by atoms with van der Waals surface area (Å²) in [5.74, 6) is 1.11. The molecule has 0 fully saturated rings. The van der Waals surface area contributed by atoms with Gasteiger partial charge >= 0.3 is 0 Å². The maximum Gasteiger partial charge on any atom is 0.267 e. The summed E-state index contributed by atoms with van der Waals surface area (Å²) < 4.78 is 24.4. The van der Waals surface area contributed by atoms with Gasteiger partial charge in [-0.05, 0) is 30.3 Å². The maximum absolute atomic E-state index is 12.9. The Balaban J connectivity index is 1.56. The SMILES string of the molecule is O=c1ccc(-c2ccc(OC(F)P)cc2)nn1Cc1nc(-c2ccccc2)no1. The first-order chi connectivity index (χ1) is 14.1. The zero-order valence-corrected chi connectivity index (χ0v) is 16.3. The second kappa shape index (κ2) is 8.32. The molecule has 0 saturated carbocycles. The second-order valence-electron chi connectivity index (χ2n) is 6.09. The zero-order valence-electron chi connectivity index (χ0n) is 15.1. The van der Waals surface area contributed by atoms with Gasteiger partial charge in [-0.25, -0.2) is 4.68 Å². The molecule has 0 aliphatic heterocycles. The van der Waals surface area contributed by atoms with Crippen LogP contribution in [0.25, 0.3) is 22.6 Å². The molecule has 2 aromatic carbocycles. The van der Waals surface area contributed by atoms with Crippen molar-refractivity contribution in [3.05, 3.63) is 83.0 Å². The van der Waals surface area contributed by atoms with Crippen LogP contribution in [0.3, 0.4) is 0 Å². The number of hydrogen-bond donors (Lipinski definition) is 0. The standard InChI is InChI=1S/C20H16FN4O3P/c21-20(29)27-15-8-6-13(7-9-15)16-10-11-18(26)25(23-16)12-17-22-19(24-28-17)14-4-2-1-3-5-14/h1-11,20H,12,29H2. The van der Waals surface area contributed by atoms with Crippen molar-refractivity contribution in [2.45, 2.75) is 12.6 Å². The summed E-state index contributed by atoms with van der Waals surface area (Å²) in [5.41, 5.74) is 1.85. The molecule has 0 spiro atoms. The second-order valence-corrected chi connectivity index (χ2v) is 6.61. The topological polar surface area (TPSA) is 83.0 Å². The summed E-state index contributed by atoms with van der Waals surface area (Å²) in [6.45, 7) is 0.0459. The molecule has 0 bridgehead atoms. The summed E-state index contributed by atoms with van der Waals surface area (Å²) >= 11 is 0. The molecule has 29 heavy (non-hydrogen) atoms. The van der Waals surface area contributed by atoms with Crippen molar-refractivity contribution >= 4 is 9.24 Å². The van der Waals surface area contributed by atoms with Crippen LogP contribution >= 0.6 is 9.24 Å². The van der Waals surface area contributed by atoms with Crippen molar-refractivity contribution in [3.8, 4) is 28.4 Å². The van der Waals surface area contributed by atoms with Gasteiger partial charge < -0.3 is 9.26 Å². The fourth-order valence-corrected chi connectivity index (χ4v) is 2.86. The Morgan fingerprint density at radius 3 is 2.52 bits per heavy atom. The fourth-order valence-electron chi connectivity index (χ4n) is 2.70. The number of ether oxygens (including phenoxy) is 1. The Kier molecular flexibility index (Phi) is 5.44. The molecule has 0 saturated heterocycles. The molecule has 0 N–H and O–H groups in total. The van der Waals surface area contributed by atoms with Crippen molar-refractivity contribution in [3.63, 3.8) is 0 Å². The van der Waals surface area contributed by atoms with Gasteiger partial charge in [-0.2, -0.15) is 14.5 Å². The van der Waals surface area contributed by atoms with Crippen molar-refractivity contribution in [2.24, 2.45) is 0 Å². The lowest BCUT2D eigenvalue weighted by Gasteiger charge is -2.08. The lowest BCUT2D eigenvalue weighted by atomic mass is 10.1. The maximum atomic E-state index is 12.9. The molecule has 0 aliphatic carbocycles. The van der Waals surface area contributed by atoms with E-state index in [1.165, 1.54) is 10.7 Å². The van der Waals surface area contributed by atoms with Crippen LogP contribution in [0, 0.1) is 0 Å². The van der Waals surface area contributed by atoms with E-state index in [-0.39, 0.29) is 18.0 Å². The smallest absolute Gasteiger partial charge is 0.267 e. The van der Waals surface area contributed by atoms with Crippen LogP contribution < -0.4 is 10.3 Å². The first kappa shape index (κ1) is 19.0. The third-order valence-electron chi connectivity index (χ3n) is 4.05. The van der Waals surface area contributed by atoms with E-state index in [1.807, 2.05) is 39.6 Å². The first-order valence-electron chi connectivity index (χ1n) is 8.71. The highest BCUT2D eigenvalue weighted by molar-refractivity contribution is 7.16. The van der Waals surface area contributed by atoms with E-state index in [9.17, 15) is 9.18 Å². The molecule has 2 aromatic heterocycles. The average molecular weight is 410 g/mol. The number of aromatic nitrogens is 4. The molecule has 7 nitrogen and oxygen atoms in total. The number of rotatable bonds is 6. The summed E-state index contributed by atoms with van der Waals surface area (Å²) in [6.07, 6.45) is -1.48. The number of nitrogens with zero attached hydrogens (tertiary/aromatic N) is 4. The molecule has 2 heterocycles. The van der Waals surface area contributed by atoms with Crippen molar-refractivity contribution in [2.75, 3.05) is 0 Å². The predicted molar refractivity (Wildman–Crippen MR) is 108 cm³/mol. The van der Waals surface area contributed by atoms with Crippen LogP contribution in [-0.4, -0.2) is 26.0 Å². The summed E-state index contributed by atoms with van der Waals surface area (Å²) in [5, 5.41) is 8.32. The van der Waals surface area contributed by atoms with Crippen LogP contribution in [-0.2, 0) is 6.54 Å². The molecule has 0 amide bonds. The Morgan fingerprint density at radius 2 is 1.79 bits per heavy atom. The Labute approximate surface area is 167 Å². The number of alkyl halides is 1. The molecule has 2 atom stereocenters. The quantitative estimate of drug-likeness (QED) is 0.453. The number of hydrogen-bond acceptors (Lipinski definition) is 6. The lowest BCUT2D eigenvalue weighted by molar-refractivity contribution is 0.153. The third-order valence-corrected chi connectivity index (χ3v) is 4.19. The highest BCUT2D eigenvalue weighted by Gasteiger charge is 2.11. The number of halogens is 1. The third kappa shape index (κ3) is 4.55. The van der Waals surface area contributed by atoms with Gasteiger partial charge in [0.15, 0.2) is 0 Å². The monoisotopic (exact) mass is 410 g/mol. The van der Waals surface area contributed by atoms with E-state index >= 15 is 0 Å². The van der Waals surface area contributed by atoms with Gasteiger partial charge in [0.2, 0.25) is 17.8 Å². The summed E-state index contributed by atoms with van der Waals surface area (Å²) in [7, 11) is 1.92. The van der Waals surface area contributed by atoms with E-state index < -0.39 is 6.10 Å². The number of benzene rings is 2. The van der Waals surface area contributed by atoms with Crippen LogP contribution in [0.4, 0.5) is 4.39 Å². The first-order valence-corrected chi connectivity index (χ1v) is 9.38. The molecule has 2 unspecified atom stereocenters. The molecule has 4 rings (SSSR count). The summed E-state index contributed by atoms with van der Waals surface area (Å²) in [4.78, 5) is 16.5. The predicted octanol–water partition coefficient (Wildman–Crippen LogP) is 3.52. The van der Waals surface area contributed by atoms with Gasteiger partial charge in [0.1, 0.15) is 12.3 Å². The molecule has 4 aromatic rings. The normalized spacial score (nSPS) is 11.9. The minimum atomic E-state index is -1.48. The highest BCUT2D eigenvalue weighted by atomic mass is 31.0. The Bertz CT molecular complexity index is 1160. The van der Waals surface area contributed by atoms with Gasteiger partial charge in [0, 0.05) is 17.2 Å². The van der Waals surface area contributed by atoms with E-state index in [4.69, 9.17) is 9.26 Å². The molecular weight excluding hydrogens is 394 g/mol. The van der Waals surface area contributed by atoms with Crippen molar-refractivity contribution < 1.29 is 13.7 Å². The minimum absolute atomic E-state index is 0.0459. The summed E-state index contributed by atoms with van der Waals surface area (Å²) in [6, 6.07) is 19.2. The zero-order chi connectivity index (χ0) is 20.2. The van der Waals surface area contributed by atoms with Crippen LogP contribution in [0.5, 0.6) is 5.75 Å². The lowest BCUT2D eigenvalue weighted by Crippen LogP contribution is -2.23. The van der Waals surface area contributed by atoms with Crippen LogP contribution in [0.2, 0.25) is 0 Å². The van der Waals surface area contributed by atoms with Crippen LogP contribution in [0.15, 0.2) is 76.0 Å². The van der Waals surface area contributed by atoms with Gasteiger partial charge in [-0.3, -0.25) is 4.79 Å². The Hall–Kier alpha value is -3.38. The van der Waals surface area contributed by atoms with E-state index in [0.717, 1.165) is 11.1 Å². The van der Waals surface area contributed by atoms with Crippen molar-refractivity contribution in [1.29, 1.82) is 0 Å². The molecule has 9 heteroatoms. The van der Waals surface area contributed by atoms with Gasteiger partial charge in [0.05, 0.1) is 5.69 Å². The molecule has 0 aliphatic rings. The van der Waals surface area contributed by atoms with E-state index in [2.05, 4.69) is 15.2 Å². The molecular formula is C20H16FN4O3P. The van der Waals surface area contributed by atoms with Crippen LogP contribution in [0.1, 0.15) is 5.89 Å². The largest absolute Gasteiger partial charge is 0.457 e. The average Bonchev–Trinajstić information content (AvgIpc) is 3.19. The van der Waals surface area contributed by atoms with E-state index in [1.54, 1.807) is 30.3 Å². The molecule has 146 valence electrons. The highest BCUT2D eigenvalue weighted by Crippen LogP contribution is 2.22. The Morgan fingerprint density at radius 1 is 1.03 bits per heavy atom. The minimum Gasteiger partial charge on any atom is -0.457 e. The molecule has 0 radical (unpaired) electrons.